The molecule has 0 saturated carbocycles. The Bertz CT molecular complexity index is 2820. The van der Waals surface area contributed by atoms with E-state index in [9.17, 15) is 28.9 Å². The Morgan fingerprint density at radius 2 is 1.26 bits per heavy atom. The van der Waals surface area contributed by atoms with Crippen LogP contribution in [0.5, 0.6) is 0 Å². The molecule has 13 heteroatoms. The minimum absolute atomic E-state index is 0.0192. The first-order chi connectivity index (χ1) is 30.3. The number of anilines is 3. The number of aromatic nitrogens is 3. The number of hydrogen-bond acceptors (Lipinski definition) is 9. The highest BCUT2D eigenvalue weighted by Gasteiger charge is 2.20. The lowest BCUT2D eigenvalue weighted by Crippen LogP contribution is -2.27. The zero-order chi connectivity index (χ0) is 43.3. The molecule has 7 aromatic rings. The summed E-state index contributed by atoms with van der Waals surface area (Å²) in [5.74, 6) is -0.461. The quantitative estimate of drug-likeness (QED) is 0.0765. The van der Waals surface area contributed by atoms with Crippen LogP contribution in [0, 0.1) is 34.3 Å². The molecule has 7 rings (SSSR count). The molecule has 3 heterocycles. The van der Waals surface area contributed by atoms with Crippen molar-refractivity contribution in [3.05, 3.63) is 190 Å². The summed E-state index contributed by atoms with van der Waals surface area (Å²) in [4.78, 5) is 42.4. The number of rotatable bonds is 17. The van der Waals surface area contributed by atoms with Gasteiger partial charge in [0.05, 0.1) is 58.1 Å². The molecule has 306 valence electrons. The summed E-state index contributed by atoms with van der Waals surface area (Å²) in [6.07, 6.45) is 3.21. The second kappa shape index (κ2) is 20.1. The fourth-order valence-electron chi connectivity index (χ4n) is 6.92. The monoisotopic (exact) mass is 823 g/mol. The van der Waals surface area contributed by atoms with E-state index >= 15 is 0 Å². The molecule has 0 aliphatic rings. The van der Waals surface area contributed by atoms with Crippen LogP contribution in [0.25, 0.3) is 22.5 Å². The van der Waals surface area contributed by atoms with Gasteiger partial charge in [0.15, 0.2) is 5.82 Å². The Hall–Kier alpha value is -8.29. The standard InChI is InChI=1S/C49H39F2N9O2/c50-38-13-5-8-33(26-38)21-24-55-47-42(17-18-43(58-47)40-15-3-1-10-35(40)28-52)49(62)57-30-37-12-7-23-54-45(37)31-60(32-61)46-20-19-44(41-16-4-2-11-36(41)29-53)59-48(46)56-25-22-34-9-6-14-39(51)27-34/h1-20,23,26-27,32H,21-22,24-25,30-31H2,(H,55,58)(H,56,59)(H,57,62). The number of nitriles is 2. The Labute approximate surface area is 357 Å². The Kier molecular flexibility index (Phi) is 13.6. The number of halogens is 2. The largest absolute Gasteiger partial charge is 0.369 e. The van der Waals surface area contributed by atoms with Crippen LogP contribution in [-0.2, 0) is 30.7 Å². The minimum atomic E-state index is -0.435. The molecule has 0 spiro atoms. The van der Waals surface area contributed by atoms with Crippen molar-refractivity contribution in [2.45, 2.75) is 25.9 Å². The van der Waals surface area contributed by atoms with Crippen molar-refractivity contribution in [2.24, 2.45) is 0 Å². The van der Waals surface area contributed by atoms with E-state index in [0.29, 0.717) is 88.7 Å². The predicted molar refractivity (Wildman–Crippen MR) is 234 cm³/mol. The fraction of sp³-hybridized carbons (Fsp3) is 0.122. The maximum atomic E-state index is 13.9. The average molecular weight is 824 g/mol. The molecule has 0 fully saturated rings. The van der Waals surface area contributed by atoms with E-state index in [-0.39, 0.29) is 36.1 Å². The number of carbonyl (C=O) groups excluding carboxylic acids is 2. The summed E-state index contributed by atoms with van der Waals surface area (Å²) in [7, 11) is 0. The molecule has 3 aromatic heterocycles. The van der Waals surface area contributed by atoms with Crippen LogP contribution >= 0.6 is 0 Å². The van der Waals surface area contributed by atoms with E-state index in [1.165, 1.54) is 29.2 Å². The molecule has 0 radical (unpaired) electrons. The van der Waals surface area contributed by atoms with Crippen LogP contribution in [0.4, 0.5) is 26.1 Å². The van der Waals surface area contributed by atoms with Crippen LogP contribution in [0.1, 0.15) is 43.9 Å². The van der Waals surface area contributed by atoms with E-state index in [2.05, 4.69) is 33.1 Å². The zero-order valence-corrected chi connectivity index (χ0v) is 33.4. The van der Waals surface area contributed by atoms with Crippen LogP contribution in [0.15, 0.2) is 140 Å². The third kappa shape index (κ3) is 10.3. The van der Waals surface area contributed by atoms with Gasteiger partial charge in [-0.15, -0.1) is 0 Å². The maximum Gasteiger partial charge on any atom is 0.255 e. The summed E-state index contributed by atoms with van der Waals surface area (Å²) < 4.78 is 27.8. The molecule has 62 heavy (non-hydrogen) atoms. The zero-order valence-electron chi connectivity index (χ0n) is 33.4. The number of nitrogens with one attached hydrogen (secondary N) is 3. The van der Waals surface area contributed by atoms with Gasteiger partial charge in [-0.05, 0) is 96.3 Å². The van der Waals surface area contributed by atoms with E-state index in [1.807, 2.05) is 24.3 Å². The van der Waals surface area contributed by atoms with Crippen LogP contribution in [-0.4, -0.2) is 40.4 Å². The molecule has 2 amide bonds. The molecule has 0 aliphatic heterocycles. The molecule has 0 bridgehead atoms. The third-order valence-electron chi connectivity index (χ3n) is 10.0. The Morgan fingerprint density at radius 3 is 1.85 bits per heavy atom. The van der Waals surface area contributed by atoms with Gasteiger partial charge in [0.1, 0.15) is 17.5 Å². The molecular weight excluding hydrogens is 785 g/mol. The van der Waals surface area contributed by atoms with Crippen molar-refractivity contribution in [3.8, 4) is 34.7 Å². The molecule has 4 aromatic carbocycles. The van der Waals surface area contributed by atoms with Gasteiger partial charge in [0, 0.05) is 37.0 Å². The first-order valence-electron chi connectivity index (χ1n) is 19.7. The molecule has 3 N–H and O–H groups in total. The lowest BCUT2D eigenvalue weighted by atomic mass is 10.0. The van der Waals surface area contributed by atoms with E-state index < -0.39 is 5.91 Å². The van der Waals surface area contributed by atoms with Crippen molar-refractivity contribution in [1.29, 1.82) is 10.5 Å². The Balaban J connectivity index is 1.12. The predicted octanol–water partition coefficient (Wildman–Crippen LogP) is 8.63. The van der Waals surface area contributed by atoms with Gasteiger partial charge in [0.2, 0.25) is 6.41 Å². The van der Waals surface area contributed by atoms with E-state index in [0.717, 1.165) is 11.1 Å². The van der Waals surface area contributed by atoms with Crippen molar-refractivity contribution in [3.63, 3.8) is 0 Å². The topological polar surface area (TPSA) is 160 Å². The highest BCUT2D eigenvalue weighted by atomic mass is 19.1. The van der Waals surface area contributed by atoms with E-state index in [1.54, 1.807) is 91.1 Å². The molecule has 0 atom stereocenters. The number of hydrogen-bond donors (Lipinski definition) is 3. The summed E-state index contributed by atoms with van der Waals surface area (Å²) in [6, 6.07) is 41.5. The van der Waals surface area contributed by atoms with Gasteiger partial charge in [-0.3, -0.25) is 14.6 Å². The number of benzene rings is 4. The van der Waals surface area contributed by atoms with Gasteiger partial charge in [0.25, 0.3) is 5.91 Å². The first-order valence-corrected chi connectivity index (χ1v) is 19.7. The lowest BCUT2D eigenvalue weighted by molar-refractivity contribution is -0.107. The Morgan fingerprint density at radius 1 is 0.677 bits per heavy atom. The van der Waals surface area contributed by atoms with E-state index in [4.69, 9.17) is 9.97 Å². The number of nitrogens with zero attached hydrogens (tertiary/aromatic N) is 6. The second-order valence-corrected chi connectivity index (χ2v) is 14.1. The number of amides is 2. The summed E-state index contributed by atoms with van der Waals surface area (Å²) in [5, 5.41) is 29.1. The highest BCUT2D eigenvalue weighted by Crippen LogP contribution is 2.31. The third-order valence-corrected chi connectivity index (χ3v) is 10.0. The number of pyridine rings is 3. The average Bonchev–Trinajstić information content (AvgIpc) is 3.30. The van der Waals surface area contributed by atoms with Gasteiger partial charge in [-0.25, -0.2) is 18.7 Å². The second-order valence-electron chi connectivity index (χ2n) is 14.1. The van der Waals surface area contributed by atoms with Crippen LogP contribution in [0.2, 0.25) is 0 Å². The summed E-state index contributed by atoms with van der Waals surface area (Å²) in [6.45, 7) is 0.780. The first kappa shape index (κ1) is 41.9. The van der Waals surface area contributed by atoms with Crippen molar-refractivity contribution >= 4 is 29.6 Å². The van der Waals surface area contributed by atoms with Crippen LogP contribution < -0.4 is 20.9 Å². The lowest BCUT2D eigenvalue weighted by Gasteiger charge is -2.22. The number of carbonyl (C=O) groups is 2. The SMILES string of the molecule is N#Cc1ccccc1-c1ccc(C(=O)NCc2cccnc2CN(C=O)c2ccc(-c3ccccc3C#N)nc2NCCc2cccc(F)c2)c(NCCc2cccc(F)c2)n1. The summed E-state index contributed by atoms with van der Waals surface area (Å²) >= 11 is 0. The van der Waals surface area contributed by atoms with Crippen LogP contribution in [0.3, 0.4) is 0 Å². The van der Waals surface area contributed by atoms with Gasteiger partial charge in [-0.1, -0.05) is 66.7 Å². The highest BCUT2D eigenvalue weighted by molar-refractivity contribution is 5.99. The smallest absolute Gasteiger partial charge is 0.255 e. The normalized spacial score (nSPS) is 10.6. The maximum absolute atomic E-state index is 13.9. The molecule has 0 aliphatic carbocycles. The summed E-state index contributed by atoms with van der Waals surface area (Å²) in [5.41, 5.74) is 6.51. The molecular formula is C49H39F2N9O2. The molecule has 0 unspecified atom stereocenters. The van der Waals surface area contributed by atoms with Crippen molar-refractivity contribution in [1.82, 2.24) is 20.3 Å². The van der Waals surface area contributed by atoms with Crippen molar-refractivity contribution in [2.75, 3.05) is 28.6 Å². The fourth-order valence-corrected chi connectivity index (χ4v) is 6.92. The van der Waals surface area contributed by atoms with Gasteiger partial charge >= 0.3 is 0 Å². The minimum Gasteiger partial charge on any atom is -0.369 e. The molecule has 11 nitrogen and oxygen atoms in total. The van der Waals surface area contributed by atoms with Gasteiger partial charge < -0.3 is 20.9 Å². The molecule has 0 saturated heterocycles. The van der Waals surface area contributed by atoms with Crippen molar-refractivity contribution < 1.29 is 18.4 Å². The van der Waals surface area contributed by atoms with Gasteiger partial charge in [-0.2, -0.15) is 10.5 Å².